The maximum absolute atomic E-state index is 13.0. The zero-order chi connectivity index (χ0) is 17.8. The smallest absolute Gasteiger partial charge is 0.245 e. The monoisotopic (exact) mass is 343 g/mol. The van der Waals surface area contributed by atoms with Crippen molar-refractivity contribution in [3.63, 3.8) is 0 Å². The Kier molecular flexibility index (Phi) is 5.74. The van der Waals surface area contributed by atoms with Crippen LogP contribution in [-0.4, -0.2) is 65.8 Å². The average molecular weight is 343 g/mol. The van der Waals surface area contributed by atoms with E-state index in [1.54, 1.807) is 11.8 Å². The van der Waals surface area contributed by atoms with E-state index in [1.807, 2.05) is 30.1 Å². The van der Waals surface area contributed by atoms with Crippen molar-refractivity contribution in [2.24, 2.45) is 0 Å². The van der Waals surface area contributed by atoms with Crippen LogP contribution in [0.25, 0.3) is 0 Å². The van der Waals surface area contributed by atoms with Crippen LogP contribution in [0.4, 0.5) is 0 Å². The van der Waals surface area contributed by atoms with Crippen molar-refractivity contribution in [2.45, 2.75) is 45.2 Å². The van der Waals surface area contributed by atoms with Gasteiger partial charge >= 0.3 is 0 Å². The summed E-state index contributed by atoms with van der Waals surface area (Å²) in [6.45, 7) is 6.27. The molecule has 1 saturated heterocycles. The summed E-state index contributed by atoms with van der Waals surface area (Å²) in [6.07, 6.45) is 4.20. The van der Waals surface area contributed by atoms with E-state index < -0.39 is 0 Å². The van der Waals surface area contributed by atoms with Gasteiger partial charge in [0.25, 0.3) is 0 Å². The zero-order valence-corrected chi connectivity index (χ0v) is 15.4. The minimum absolute atomic E-state index is 0.0293. The minimum Gasteiger partial charge on any atom is -0.344 e. The topological polar surface area (TPSA) is 43.9 Å². The van der Waals surface area contributed by atoms with E-state index in [9.17, 15) is 9.59 Å². The Morgan fingerprint density at radius 2 is 1.84 bits per heavy atom. The number of hydrogen-bond acceptors (Lipinski definition) is 3. The highest BCUT2D eigenvalue weighted by molar-refractivity contribution is 5.87. The second kappa shape index (κ2) is 8.00. The Labute approximate surface area is 150 Å². The van der Waals surface area contributed by atoms with E-state index in [2.05, 4.69) is 11.0 Å². The number of likely N-dealkylation sites (N-methyl/N-ethyl adjacent to an activating group) is 1. The summed E-state index contributed by atoms with van der Waals surface area (Å²) in [5.41, 5.74) is 2.34. The second-order valence-corrected chi connectivity index (χ2v) is 7.30. The lowest BCUT2D eigenvalue weighted by atomic mass is 9.93. The van der Waals surface area contributed by atoms with Gasteiger partial charge in [0, 0.05) is 33.5 Å². The van der Waals surface area contributed by atoms with Crippen LogP contribution in [0.1, 0.15) is 37.3 Å². The summed E-state index contributed by atoms with van der Waals surface area (Å²) in [7, 11) is 1.87. The summed E-state index contributed by atoms with van der Waals surface area (Å²) < 4.78 is 0. The van der Waals surface area contributed by atoms with Crippen LogP contribution in [0.2, 0.25) is 0 Å². The lowest BCUT2D eigenvalue weighted by Crippen LogP contribution is -2.52. The predicted molar refractivity (Wildman–Crippen MR) is 98.1 cm³/mol. The predicted octanol–water partition coefficient (Wildman–Crippen LogP) is 1.90. The van der Waals surface area contributed by atoms with E-state index >= 15 is 0 Å². The molecule has 0 saturated carbocycles. The number of benzene rings is 1. The summed E-state index contributed by atoms with van der Waals surface area (Å²) in [5, 5.41) is 0. The van der Waals surface area contributed by atoms with Crippen molar-refractivity contribution in [3.8, 4) is 0 Å². The molecule has 5 heteroatoms. The number of fused-ring (bicyclic) bond motifs is 1. The normalized spacial score (nSPS) is 20.4. The van der Waals surface area contributed by atoms with E-state index in [-0.39, 0.29) is 17.9 Å². The molecule has 2 amide bonds. The van der Waals surface area contributed by atoms with Gasteiger partial charge < -0.3 is 14.7 Å². The first-order chi connectivity index (χ1) is 12.1. The number of likely N-dealkylation sites (tertiary alicyclic amines) is 1. The molecule has 1 atom stereocenters. The molecule has 3 rings (SSSR count). The van der Waals surface area contributed by atoms with Gasteiger partial charge in [-0.05, 0) is 50.0 Å². The third-order valence-corrected chi connectivity index (χ3v) is 5.48. The van der Waals surface area contributed by atoms with Crippen molar-refractivity contribution in [1.29, 1.82) is 0 Å². The summed E-state index contributed by atoms with van der Waals surface area (Å²) in [4.78, 5) is 31.1. The minimum atomic E-state index is -0.371. The third-order valence-electron chi connectivity index (χ3n) is 5.48. The highest BCUT2D eigenvalue weighted by atomic mass is 16.2. The average Bonchev–Trinajstić information content (AvgIpc) is 3.13. The molecule has 0 spiro atoms. The maximum Gasteiger partial charge on any atom is 0.245 e. The Hall–Kier alpha value is -1.88. The van der Waals surface area contributed by atoms with Gasteiger partial charge in [0.2, 0.25) is 11.8 Å². The molecule has 0 radical (unpaired) electrons. The molecule has 136 valence electrons. The van der Waals surface area contributed by atoms with Crippen molar-refractivity contribution in [3.05, 3.63) is 35.4 Å². The molecule has 2 aliphatic rings. The summed E-state index contributed by atoms with van der Waals surface area (Å²) >= 11 is 0. The molecule has 0 aromatic heterocycles. The third kappa shape index (κ3) is 4.21. The van der Waals surface area contributed by atoms with Crippen LogP contribution in [0, 0.1) is 0 Å². The molecular weight excluding hydrogens is 314 g/mol. The molecule has 1 aromatic rings. The maximum atomic E-state index is 13.0. The lowest BCUT2D eigenvalue weighted by molar-refractivity contribution is -0.145. The van der Waals surface area contributed by atoms with Crippen molar-refractivity contribution in [2.75, 3.05) is 33.2 Å². The quantitative estimate of drug-likeness (QED) is 0.820. The molecule has 1 fully saturated rings. The van der Waals surface area contributed by atoms with E-state index in [1.165, 1.54) is 31.5 Å². The first-order valence-electron chi connectivity index (χ1n) is 9.37. The highest BCUT2D eigenvalue weighted by Crippen LogP contribution is 2.24. The number of hydrogen-bond donors (Lipinski definition) is 0. The van der Waals surface area contributed by atoms with Gasteiger partial charge in [-0.1, -0.05) is 24.3 Å². The van der Waals surface area contributed by atoms with Crippen LogP contribution in [0.15, 0.2) is 24.3 Å². The number of carbonyl (C=O) groups is 2. The van der Waals surface area contributed by atoms with Gasteiger partial charge in [-0.25, -0.2) is 0 Å². The lowest BCUT2D eigenvalue weighted by Gasteiger charge is -2.37. The molecule has 2 aliphatic heterocycles. The standard InChI is InChI=1S/C20H29N3O2/c1-16(24)23-15-18-9-4-3-8-17(18)14-19(23)20(25)21(2)10-7-13-22-11-5-6-12-22/h3-4,8-9,19H,5-7,10-15H2,1-2H3. The molecule has 0 N–H and O–H groups in total. The first kappa shape index (κ1) is 17.9. The fraction of sp³-hybridized carbons (Fsp3) is 0.600. The van der Waals surface area contributed by atoms with Gasteiger partial charge in [-0.3, -0.25) is 9.59 Å². The Morgan fingerprint density at radius 1 is 1.16 bits per heavy atom. The van der Waals surface area contributed by atoms with Crippen LogP contribution in [0.5, 0.6) is 0 Å². The molecule has 0 bridgehead atoms. The van der Waals surface area contributed by atoms with Crippen LogP contribution < -0.4 is 0 Å². The van der Waals surface area contributed by atoms with Gasteiger partial charge in [0.1, 0.15) is 6.04 Å². The summed E-state index contributed by atoms with van der Waals surface area (Å²) in [6, 6.07) is 7.74. The molecule has 25 heavy (non-hydrogen) atoms. The van der Waals surface area contributed by atoms with Gasteiger partial charge in [0.15, 0.2) is 0 Å². The Bertz CT molecular complexity index is 625. The SMILES string of the molecule is CC(=O)N1Cc2ccccc2CC1C(=O)N(C)CCCN1CCCC1. The first-order valence-corrected chi connectivity index (χ1v) is 9.37. The molecule has 0 aliphatic carbocycles. The van der Waals surface area contributed by atoms with Crippen LogP contribution in [0.3, 0.4) is 0 Å². The largest absolute Gasteiger partial charge is 0.344 e. The Balaban J connectivity index is 1.61. The number of amides is 2. The number of nitrogens with zero attached hydrogens (tertiary/aromatic N) is 3. The molecule has 5 nitrogen and oxygen atoms in total. The van der Waals surface area contributed by atoms with Crippen molar-refractivity contribution < 1.29 is 9.59 Å². The van der Waals surface area contributed by atoms with Crippen molar-refractivity contribution in [1.82, 2.24) is 14.7 Å². The van der Waals surface area contributed by atoms with Crippen molar-refractivity contribution >= 4 is 11.8 Å². The fourth-order valence-corrected chi connectivity index (χ4v) is 3.98. The number of carbonyl (C=O) groups excluding carboxylic acids is 2. The van der Waals surface area contributed by atoms with Crippen LogP contribution >= 0.6 is 0 Å². The number of rotatable bonds is 5. The second-order valence-electron chi connectivity index (χ2n) is 7.30. The molecule has 2 heterocycles. The van der Waals surface area contributed by atoms with Gasteiger partial charge in [-0.15, -0.1) is 0 Å². The van der Waals surface area contributed by atoms with Gasteiger partial charge in [-0.2, -0.15) is 0 Å². The van der Waals surface area contributed by atoms with E-state index in [4.69, 9.17) is 0 Å². The van der Waals surface area contributed by atoms with Crippen LogP contribution in [-0.2, 0) is 22.6 Å². The molecule has 1 aromatic carbocycles. The summed E-state index contributed by atoms with van der Waals surface area (Å²) in [5.74, 6) is 0.0319. The highest BCUT2D eigenvalue weighted by Gasteiger charge is 2.34. The Morgan fingerprint density at radius 3 is 2.52 bits per heavy atom. The van der Waals surface area contributed by atoms with E-state index in [0.717, 1.165) is 25.1 Å². The molecular formula is C20H29N3O2. The van der Waals surface area contributed by atoms with E-state index in [0.29, 0.717) is 13.0 Å². The van der Waals surface area contributed by atoms with Gasteiger partial charge in [0.05, 0.1) is 0 Å². The molecule has 1 unspecified atom stereocenters. The zero-order valence-electron chi connectivity index (χ0n) is 15.4. The fourth-order valence-electron chi connectivity index (χ4n) is 3.98.